The van der Waals surface area contributed by atoms with Gasteiger partial charge in [0, 0.05) is 13.9 Å². The molecule has 0 heterocycles. The zero-order chi connectivity index (χ0) is 14.1. The van der Waals surface area contributed by atoms with Gasteiger partial charge in [0.1, 0.15) is 0 Å². The van der Waals surface area contributed by atoms with Gasteiger partial charge in [-0.05, 0) is 50.8 Å². The molecule has 1 aromatic carbocycles. The molecular formula is C11H15N. The lowest BCUT2D eigenvalue weighted by Crippen LogP contribution is -1.80. The summed E-state index contributed by atoms with van der Waals surface area (Å²) in [4.78, 5) is 3.81. The molecule has 1 heteroatoms. The third-order valence-corrected chi connectivity index (χ3v) is 1.45. The van der Waals surface area contributed by atoms with Gasteiger partial charge in [-0.1, -0.05) is 6.07 Å². The highest BCUT2D eigenvalue weighted by Crippen LogP contribution is 2.16. The summed E-state index contributed by atoms with van der Waals surface area (Å²) >= 11 is 0. The standard InChI is InChI=1S/C11H15N/c1-8(2)12-11-6-9(3)5-10(4)7-11/h5-7H,1-4H3/i1D3,2D3. The van der Waals surface area contributed by atoms with Crippen LogP contribution >= 0.6 is 0 Å². The molecule has 0 saturated carbocycles. The van der Waals surface area contributed by atoms with Crippen molar-refractivity contribution in [2.24, 2.45) is 4.99 Å². The molecule has 0 radical (unpaired) electrons. The van der Waals surface area contributed by atoms with Gasteiger partial charge in [0.15, 0.2) is 0 Å². The maximum atomic E-state index is 7.24. The Hall–Kier alpha value is -1.11. The number of hydrogen-bond acceptors (Lipinski definition) is 1. The summed E-state index contributed by atoms with van der Waals surface area (Å²) in [7, 11) is 0. The molecule has 64 valence electrons. The van der Waals surface area contributed by atoms with Crippen molar-refractivity contribution < 1.29 is 8.22 Å². The lowest BCUT2D eigenvalue weighted by molar-refractivity contribution is 1.35. The zero-order valence-corrected chi connectivity index (χ0v) is 7.18. The fourth-order valence-corrected chi connectivity index (χ4v) is 1.14. The molecule has 0 aliphatic heterocycles. The topological polar surface area (TPSA) is 12.4 Å². The molecule has 12 heavy (non-hydrogen) atoms. The highest BCUT2D eigenvalue weighted by atomic mass is 14.7. The van der Waals surface area contributed by atoms with E-state index in [1.165, 1.54) is 0 Å². The molecule has 0 bridgehead atoms. The molecule has 0 spiro atoms. The highest BCUT2D eigenvalue weighted by Gasteiger charge is 1.92. The van der Waals surface area contributed by atoms with Crippen molar-refractivity contribution in [1.82, 2.24) is 0 Å². The zero-order valence-electron chi connectivity index (χ0n) is 13.2. The van der Waals surface area contributed by atoms with Crippen molar-refractivity contribution in [2.75, 3.05) is 0 Å². The van der Waals surface area contributed by atoms with E-state index in [9.17, 15) is 0 Å². The Kier molecular flexibility index (Phi) is 1.10. The second kappa shape index (κ2) is 3.53. The van der Waals surface area contributed by atoms with Crippen molar-refractivity contribution in [3.63, 3.8) is 0 Å². The van der Waals surface area contributed by atoms with Gasteiger partial charge in [-0.15, -0.1) is 0 Å². The lowest BCUT2D eigenvalue weighted by Gasteiger charge is -1.99. The molecule has 0 fully saturated rings. The summed E-state index contributed by atoms with van der Waals surface area (Å²) in [6.45, 7) is -1.75. The molecule has 1 nitrogen and oxygen atoms in total. The van der Waals surface area contributed by atoms with E-state index >= 15 is 0 Å². The van der Waals surface area contributed by atoms with Crippen molar-refractivity contribution in [2.45, 2.75) is 27.6 Å². The Morgan fingerprint density at radius 1 is 1.17 bits per heavy atom. The van der Waals surface area contributed by atoms with Crippen LogP contribution < -0.4 is 0 Å². The minimum absolute atomic E-state index is 0.356. The van der Waals surface area contributed by atoms with E-state index in [0.29, 0.717) is 5.69 Å². The van der Waals surface area contributed by atoms with Gasteiger partial charge in [0.25, 0.3) is 0 Å². The summed E-state index contributed by atoms with van der Waals surface area (Å²) in [6, 6.07) is 5.22. The smallest absolute Gasteiger partial charge is 0.0634 e. The number of aryl methyl sites for hydroxylation is 2. The van der Waals surface area contributed by atoms with Crippen molar-refractivity contribution in [3.05, 3.63) is 29.3 Å². The average Bonchev–Trinajstić information content (AvgIpc) is 2.08. The summed E-state index contributed by atoms with van der Waals surface area (Å²) in [5, 5.41) is 0. The van der Waals surface area contributed by atoms with E-state index in [2.05, 4.69) is 4.99 Å². The minimum atomic E-state index is -2.72. The first-order valence-corrected chi connectivity index (χ1v) is 3.68. The first-order valence-electron chi connectivity index (χ1n) is 6.68. The fraction of sp³-hybridized carbons (Fsp3) is 0.364. The number of benzene rings is 1. The Bertz CT molecular complexity index is 433. The Balaban J connectivity index is 3.33. The lowest BCUT2D eigenvalue weighted by atomic mass is 10.1. The SMILES string of the molecule is [2H]C([2H])([2H])C(=Nc1cc(C)cc(C)c1)C([2H])([2H])[2H]. The second-order valence-electron chi connectivity index (χ2n) is 2.81. The van der Waals surface area contributed by atoms with E-state index in [1.807, 2.05) is 19.9 Å². The van der Waals surface area contributed by atoms with Gasteiger partial charge in [0.2, 0.25) is 0 Å². The van der Waals surface area contributed by atoms with Crippen LogP contribution in [-0.4, -0.2) is 5.71 Å². The van der Waals surface area contributed by atoms with Crippen LogP contribution in [-0.2, 0) is 0 Å². The van der Waals surface area contributed by atoms with Crippen LogP contribution in [0.5, 0.6) is 0 Å². The van der Waals surface area contributed by atoms with Gasteiger partial charge in [0.05, 0.1) is 5.69 Å². The number of aliphatic imine (C=N–C) groups is 1. The largest absolute Gasteiger partial charge is 0.258 e. The predicted octanol–water partition coefficient (Wildman–Crippen LogP) is 3.42. The molecule has 0 N–H and O–H groups in total. The summed E-state index contributed by atoms with van der Waals surface area (Å²) in [5.74, 6) is 0. The molecule has 1 rings (SSSR count). The summed E-state index contributed by atoms with van der Waals surface area (Å²) < 4.78 is 43.5. The third kappa shape index (κ3) is 2.50. The summed E-state index contributed by atoms with van der Waals surface area (Å²) in [6.07, 6.45) is 0. The second-order valence-corrected chi connectivity index (χ2v) is 2.81. The van der Waals surface area contributed by atoms with Crippen LogP contribution in [0.4, 0.5) is 5.69 Å². The van der Waals surface area contributed by atoms with E-state index < -0.39 is 19.4 Å². The number of nitrogens with zero attached hydrogens (tertiary/aromatic N) is 1. The normalized spacial score (nSPS) is 19.2. The number of hydrogen-bond donors (Lipinski definition) is 0. The Morgan fingerprint density at radius 3 is 2.25 bits per heavy atom. The van der Waals surface area contributed by atoms with Crippen LogP contribution in [0, 0.1) is 13.8 Å². The maximum Gasteiger partial charge on any atom is 0.0634 e. The van der Waals surface area contributed by atoms with Crippen LogP contribution in [0.15, 0.2) is 23.2 Å². The third-order valence-electron chi connectivity index (χ3n) is 1.45. The molecule has 0 aromatic heterocycles. The Labute approximate surface area is 82.6 Å². The maximum absolute atomic E-state index is 7.24. The molecular weight excluding hydrogens is 146 g/mol. The van der Waals surface area contributed by atoms with Gasteiger partial charge < -0.3 is 0 Å². The molecule has 0 aliphatic rings. The Morgan fingerprint density at radius 2 is 1.75 bits per heavy atom. The van der Waals surface area contributed by atoms with E-state index in [0.717, 1.165) is 11.1 Å². The molecule has 0 amide bonds. The van der Waals surface area contributed by atoms with Crippen molar-refractivity contribution in [1.29, 1.82) is 0 Å². The van der Waals surface area contributed by atoms with Crippen LogP contribution in [0.25, 0.3) is 0 Å². The molecule has 1 aromatic rings. The highest BCUT2D eigenvalue weighted by molar-refractivity contribution is 5.82. The van der Waals surface area contributed by atoms with Crippen LogP contribution in [0.1, 0.15) is 33.1 Å². The first kappa shape index (κ1) is 3.73. The van der Waals surface area contributed by atoms with E-state index in [4.69, 9.17) is 8.22 Å². The fourth-order valence-electron chi connectivity index (χ4n) is 1.14. The molecule has 0 atom stereocenters. The quantitative estimate of drug-likeness (QED) is 0.568. The van der Waals surface area contributed by atoms with Crippen molar-refractivity contribution in [3.8, 4) is 0 Å². The molecule has 0 aliphatic carbocycles. The molecule has 0 unspecified atom stereocenters. The van der Waals surface area contributed by atoms with Gasteiger partial charge in [-0.25, -0.2) is 0 Å². The van der Waals surface area contributed by atoms with E-state index in [1.54, 1.807) is 12.1 Å². The van der Waals surface area contributed by atoms with E-state index in [-0.39, 0.29) is 0 Å². The minimum Gasteiger partial charge on any atom is -0.258 e. The average molecular weight is 167 g/mol. The van der Waals surface area contributed by atoms with Crippen LogP contribution in [0.3, 0.4) is 0 Å². The summed E-state index contributed by atoms with van der Waals surface area (Å²) in [5.41, 5.74) is 1.42. The van der Waals surface area contributed by atoms with Gasteiger partial charge in [-0.2, -0.15) is 0 Å². The van der Waals surface area contributed by atoms with Crippen molar-refractivity contribution >= 4 is 11.4 Å². The first-order chi connectivity index (χ1) is 8.00. The monoisotopic (exact) mass is 167 g/mol. The number of rotatable bonds is 1. The van der Waals surface area contributed by atoms with Gasteiger partial charge in [-0.3, -0.25) is 4.99 Å². The van der Waals surface area contributed by atoms with Gasteiger partial charge >= 0.3 is 0 Å². The van der Waals surface area contributed by atoms with Crippen LogP contribution in [0.2, 0.25) is 0 Å². The predicted molar refractivity (Wildman–Crippen MR) is 54.4 cm³/mol. The molecule has 0 saturated heterocycles.